The van der Waals surface area contributed by atoms with Crippen molar-refractivity contribution in [2.75, 3.05) is 38.2 Å². The SMILES string of the molecule is O=C(CC1CN(Cc2ccccc2)CCO1)Nc1cc2c(cc1Cl)OCCO2. The lowest BCUT2D eigenvalue weighted by Gasteiger charge is -2.32. The molecule has 4 rings (SSSR count). The van der Waals surface area contributed by atoms with E-state index < -0.39 is 0 Å². The highest BCUT2D eigenvalue weighted by molar-refractivity contribution is 6.34. The number of ether oxygens (including phenoxy) is 3. The van der Waals surface area contributed by atoms with Gasteiger partial charge >= 0.3 is 0 Å². The number of morpholine rings is 1. The van der Waals surface area contributed by atoms with Gasteiger partial charge in [-0.3, -0.25) is 9.69 Å². The zero-order chi connectivity index (χ0) is 19.3. The molecule has 1 amide bonds. The first-order chi connectivity index (χ1) is 13.7. The van der Waals surface area contributed by atoms with Crippen LogP contribution in [0.4, 0.5) is 5.69 Å². The second-order valence-corrected chi connectivity index (χ2v) is 7.35. The van der Waals surface area contributed by atoms with E-state index in [0.29, 0.717) is 42.0 Å². The normalized spacial score (nSPS) is 19.2. The molecule has 2 aromatic carbocycles. The maximum Gasteiger partial charge on any atom is 0.227 e. The number of anilines is 1. The molecule has 0 saturated carbocycles. The van der Waals surface area contributed by atoms with E-state index in [2.05, 4.69) is 22.3 Å². The average Bonchev–Trinajstić information content (AvgIpc) is 2.69. The van der Waals surface area contributed by atoms with Gasteiger partial charge in [0.25, 0.3) is 0 Å². The summed E-state index contributed by atoms with van der Waals surface area (Å²) in [4.78, 5) is 14.8. The van der Waals surface area contributed by atoms with E-state index >= 15 is 0 Å². The van der Waals surface area contributed by atoms with Gasteiger partial charge in [-0.25, -0.2) is 0 Å². The van der Waals surface area contributed by atoms with Crippen LogP contribution in [0, 0.1) is 0 Å². The molecule has 0 aromatic heterocycles. The van der Waals surface area contributed by atoms with Gasteiger partial charge < -0.3 is 19.5 Å². The summed E-state index contributed by atoms with van der Waals surface area (Å²) in [6, 6.07) is 13.7. The molecule has 1 unspecified atom stereocenters. The Morgan fingerprint density at radius 3 is 2.64 bits per heavy atom. The zero-order valence-corrected chi connectivity index (χ0v) is 16.3. The third kappa shape index (κ3) is 4.76. The number of fused-ring (bicyclic) bond motifs is 1. The number of carbonyl (C=O) groups excluding carboxylic acids is 1. The molecular formula is C21H23ClN2O4. The zero-order valence-electron chi connectivity index (χ0n) is 15.5. The van der Waals surface area contributed by atoms with Gasteiger partial charge in [0.1, 0.15) is 13.2 Å². The molecule has 0 aliphatic carbocycles. The number of hydrogen-bond donors (Lipinski definition) is 1. The van der Waals surface area contributed by atoms with E-state index in [0.717, 1.165) is 19.6 Å². The van der Waals surface area contributed by atoms with Crippen molar-refractivity contribution in [3.8, 4) is 11.5 Å². The highest BCUT2D eigenvalue weighted by atomic mass is 35.5. The summed E-state index contributed by atoms with van der Waals surface area (Å²) in [5.41, 5.74) is 1.78. The third-order valence-electron chi connectivity index (χ3n) is 4.79. The van der Waals surface area contributed by atoms with Gasteiger partial charge in [0.15, 0.2) is 11.5 Å². The number of benzene rings is 2. The maximum absolute atomic E-state index is 12.5. The Balaban J connectivity index is 1.33. The number of halogens is 1. The molecule has 6 nitrogen and oxygen atoms in total. The number of rotatable bonds is 5. The minimum atomic E-state index is -0.145. The van der Waals surface area contributed by atoms with Crippen LogP contribution in [-0.4, -0.2) is 49.8 Å². The fourth-order valence-corrected chi connectivity index (χ4v) is 3.66. The highest BCUT2D eigenvalue weighted by Crippen LogP contribution is 2.38. The van der Waals surface area contributed by atoms with Crippen molar-refractivity contribution in [3.63, 3.8) is 0 Å². The number of nitrogens with zero attached hydrogens (tertiary/aromatic N) is 1. The average molecular weight is 403 g/mol. The summed E-state index contributed by atoms with van der Waals surface area (Å²) in [5.74, 6) is 1.06. The Morgan fingerprint density at radius 1 is 1.11 bits per heavy atom. The molecule has 2 heterocycles. The summed E-state index contributed by atoms with van der Waals surface area (Å²) in [5, 5.41) is 3.29. The van der Waals surface area contributed by atoms with Crippen molar-refractivity contribution < 1.29 is 19.0 Å². The largest absolute Gasteiger partial charge is 0.486 e. The van der Waals surface area contributed by atoms with Crippen molar-refractivity contribution in [2.24, 2.45) is 0 Å². The standard InChI is InChI=1S/C21H23ClN2O4/c22-17-11-19-20(28-9-8-27-19)12-18(17)23-21(25)10-16-14-24(6-7-26-16)13-15-4-2-1-3-5-15/h1-5,11-12,16H,6-10,13-14H2,(H,23,25). The van der Waals surface area contributed by atoms with Crippen molar-refractivity contribution in [2.45, 2.75) is 19.1 Å². The summed E-state index contributed by atoms with van der Waals surface area (Å²) < 4.78 is 16.8. The van der Waals surface area contributed by atoms with Crippen molar-refractivity contribution in [1.82, 2.24) is 4.90 Å². The van der Waals surface area contributed by atoms with Crippen LogP contribution in [0.5, 0.6) is 11.5 Å². The maximum atomic E-state index is 12.5. The summed E-state index contributed by atoms with van der Waals surface area (Å²) in [7, 11) is 0. The Hall–Kier alpha value is -2.28. The van der Waals surface area contributed by atoms with E-state index in [9.17, 15) is 4.79 Å². The molecule has 7 heteroatoms. The summed E-state index contributed by atoms with van der Waals surface area (Å²) in [6.07, 6.45) is 0.129. The molecule has 1 N–H and O–H groups in total. The van der Waals surface area contributed by atoms with Crippen LogP contribution in [0.1, 0.15) is 12.0 Å². The predicted molar refractivity (Wildman–Crippen MR) is 107 cm³/mol. The Morgan fingerprint density at radius 2 is 1.86 bits per heavy atom. The fourth-order valence-electron chi connectivity index (χ4n) is 3.46. The lowest BCUT2D eigenvalue weighted by molar-refractivity contribution is -0.121. The monoisotopic (exact) mass is 402 g/mol. The van der Waals surface area contributed by atoms with E-state index in [1.807, 2.05) is 18.2 Å². The van der Waals surface area contributed by atoms with Crippen LogP contribution in [0.2, 0.25) is 5.02 Å². The van der Waals surface area contributed by atoms with Crippen LogP contribution in [0.15, 0.2) is 42.5 Å². The second kappa shape index (κ2) is 8.82. The van der Waals surface area contributed by atoms with Gasteiger partial charge in [-0.15, -0.1) is 0 Å². The van der Waals surface area contributed by atoms with E-state index in [1.54, 1.807) is 12.1 Å². The third-order valence-corrected chi connectivity index (χ3v) is 5.10. The van der Waals surface area contributed by atoms with Crippen LogP contribution in [0.3, 0.4) is 0 Å². The minimum Gasteiger partial charge on any atom is -0.486 e. The van der Waals surface area contributed by atoms with Gasteiger partial charge in [-0.05, 0) is 5.56 Å². The molecule has 2 aliphatic rings. The van der Waals surface area contributed by atoms with E-state index in [1.165, 1.54) is 5.56 Å². The Kier molecular flexibility index (Phi) is 6.00. The lowest BCUT2D eigenvalue weighted by Crippen LogP contribution is -2.43. The molecule has 2 aliphatic heterocycles. The Bertz CT molecular complexity index is 831. The van der Waals surface area contributed by atoms with Gasteiger partial charge in [0, 0.05) is 31.8 Å². The Labute approximate surface area is 169 Å². The van der Waals surface area contributed by atoms with Crippen LogP contribution in [-0.2, 0) is 16.1 Å². The molecule has 0 bridgehead atoms. The first-order valence-corrected chi connectivity index (χ1v) is 9.82. The second-order valence-electron chi connectivity index (χ2n) is 6.94. The molecule has 0 spiro atoms. The van der Waals surface area contributed by atoms with Gasteiger partial charge in [0.2, 0.25) is 5.91 Å². The van der Waals surface area contributed by atoms with Crippen molar-refractivity contribution >= 4 is 23.2 Å². The molecule has 0 radical (unpaired) electrons. The van der Waals surface area contributed by atoms with Gasteiger partial charge in [-0.2, -0.15) is 0 Å². The molecular weight excluding hydrogens is 380 g/mol. The number of nitrogens with one attached hydrogen (secondary N) is 1. The lowest BCUT2D eigenvalue weighted by atomic mass is 10.1. The van der Waals surface area contributed by atoms with Crippen molar-refractivity contribution in [3.05, 3.63) is 53.1 Å². The number of hydrogen-bond acceptors (Lipinski definition) is 5. The quantitative estimate of drug-likeness (QED) is 0.831. The first-order valence-electron chi connectivity index (χ1n) is 9.44. The number of carbonyl (C=O) groups is 1. The van der Waals surface area contributed by atoms with Crippen LogP contribution < -0.4 is 14.8 Å². The van der Waals surface area contributed by atoms with Gasteiger partial charge in [-0.1, -0.05) is 41.9 Å². The molecule has 28 heavy (non-hydrogen) atoms. The van der Waals surface area contributed by atoms with Crippen LogP contribution >= 0.6 is 11.6 Å². The smallest absolute Gasteiger partial charge is 0.227 e. The minimum absolute atomic E-state index is 0.134. The summed E-state index contributed by atoms with van der Waals surface area (Å²) >= 11 is 6.27. The molecule has 1 fully saturated rings. The van der Waals surface area contributed by atoms with E-state index in [-0.39, 0.29) is 18.4 Å². The molecule has 2 aromatic rings. The molecule has 148 valence electrons. The molecule has 1 saturated heterocycles. The summed E-state index contributed by atoms with van der Waals surface area (Å²) in [6.45, 7) is 4.03. The fraction of sp³-hybridized carbons (Fsp3) is 0.381. The first kappa shape index (κ1) is 19.1. The predicted octanol–water partition coefficient (Wildman–Crippen LogP) is 3.34. The number of amides is 1. The topological polar surface area (TPSA) is 60.0 Å². The van der Waals surface area contributed by atoms with Crippen LogP contribution in [0.25, 0.3) is 0 Å². The highest BCUT2D eigenvalue weighted by Gasteiger charge is 2.24. The van der Waals surface area contributed by atoms with Crippen molar-refractivity contribution in [1.29, 1.82) is 0 Å². The van der Waals surface area contributed by atoms with Gasteiger partial charge in [0.05, 0.1) is 29.8 Å². The molecule has 1 atom stereocenters. The van der Waals surface area contributed by atoms with E-state index in [4.69, 9.17) is 25.8 Å².